The molecule has 2 aliphatic rings. The summed E-state index contributed by atoms with van der Waals surface area (Å²) in [6.07, 6.45) is 7.53. The van der Waals surface area contributed by atoms with Crippen molar-refractivity contribution in [2.45, 2.75) is 71.3 Å². The van der Waals surface area contributed by atoms with Crippen LogP contribution in [0.3, 0.4) is 0 Å². The minimum atomic E-state index is 0.0212. The van der Waals surface area contributed by atoms with Gasteiger partial charge in [-0.25, -0.2) is 0 Å². The summed E-state index contributed by atoms with van der Waals surface area (Å²) in [7, 11) is 0. The molecule has 37 heavy (non-hydrogen) atoms. The van der Waals surface area contributed by atoms with Crippen molar-refractivity contribution in [2.75, 3.05) is 19.8 Å². The fourth-order valence-electron chi connectivity index (χ4n) is 4.65. The van der Waals surface area contributed by atoms with Crippen LogP contribution in [-0.2, 0) is 10.2 Å². The fourth-order valence-corrected chi connectivity index (χ4v) is 6.05. The summed E-state index contributed by atoms with van der Waals surface area (Å²) in [4.78, 5) is 15.6. The zero-order chi connectivity index (χ0) is 26.4. The van der Waals surface area contributed by atoms with Gasteiger partial charge in [0, 0.05) is 6.04 Å². The third-order valence-electron chi connectivity index (χ3n) is 6.66. The van der Waals surface area contributed by atoms with Gasteiger partial charge in [-0.3, -0.25) is 9.69 Å². The number of amides is 1. The first-order chi connectivity index (χ1) is 17.8. The first-order valence-electron chi connectivity index (χ1n) is 13.2. The Balaban J connectivity index is 1.37. The van der Waals surface area contributed by atoms with Crippen molar-refractivity contribution < 1.29 is 19.0 Å². The van der Waals surface area contributed by atoms with E-state index in [1.54, 1.807) is 0 Å². The van der Waals surface area contributed by atoms with Crippen LogP contribution < -0.4 is 14.2 Å². The first kappa shape index (κ1) is 27.5. The Morgan fingerprint density at radius 1 is 0.973 bits per heavy atom. The van der Waals surface area contributed by atoms with Gasteiger partial charge in [0.2, 0.25) is 0 Å². The molecular formula is C30H37NO4S2. The van der Waals surface area contributed by atoms with Crippen LogP contribution in [0.5, 0.6) is 17.2 Å². The molecule has 0 radical (unpaired) electrons. The van der Waals surface area contributed by atoms with Gasteiger partial charge in [0.15, 0.2) is 11.5 Å². The van der Waals surface area contributed by atoms with E-state index < -0.39 is 0 Å². The summed E-state index contributed by atoms with van der Waals surface area (Å²) in [5, 5.41) is 0. The molecule has 1 aliphatic carbocycles. The molecule has 2 aromatic rings. The largest absolute Gasteiger partial charge is 0.490 e. The molecule has 5 nitrogen and oxygen atoms in total. The minimum Gasteiger partial charge on any atom is -0.490 e. The first-order valence-corrected chi connectivity index (χ1v) is 14.4. The summed E-state index contributed by atoms with van der Waals surface area (Å²) < 4.78 is 18.3. The average Bonchev–Trinajstić information content (AvgIpc) is 3.15. The molecule has 1 heterocycles. The highest BCUT2D eigenvalue weighted by Crippen LogP contribution is 2.38. The second kappa shape index (κ2) is 12.4. The lowest BCUT2D eigenvalue weighted by molar-refractivity contribution is -0.124. The van der Waals surface area contributed by atoms with E-state index in [1.165, 1.54) is 23.7 Å². The maximum atomic E-state index is 13.1. The predicted octanol–water partition coefficient (Wildman–Crippen LogP) is 7.37. The Morgan fingerprint density at radius 2 is 1.68 bits per heavy atom. The van der Waals surface area contributed by atoms with Crippen LogP contribution in [0.15, 0.2) is 47.4 Å². The van der Waals surface area contributed by atoms with Gasteiger partial charge < -0.3 is 14.2 Å². The number of carbonyl (C=O) groups is 1. The topological polar surface area (TPSA) is 48.0 Å². The molecule has 0 atom stereocenters. The van der Waals surface area contributed by atoms with Gasteiger partial charge in [-0.1, -0.05) is 82.2 Å². The second-order valence-electron chi connectivity index (χ2n) is 10.5. The number of ether oxygens (including phenoxy) is 3. The third kappa shape index (κ3) is 7.08. The van der Waals surface area contributed by atoms with Crippen LogP contribution in [0.1, 0.15) is 70.9 Å². The number of hydrogen-bond acceptors (Lipinski definition) is 6. The highest BCUT2D eigenvalue weighted by Gasteiger charge is 2.37. The van der Waals surface area contributed by atoms with Crippen LogP contribution in [0, 0.1) is 0 Å². The molecule has 4 rings (SSSR count). The normalized spacial score (nSPS) is 17.9. The molecule has 1 saturated heterocycles. The molecule has 198 valence electrons. The fraction of sp³-hybridized carbons (Fsp3) is 0.467. The summed E-state index contributed by atoms with van der Waals surface area (Å²) in [5.41, 5.74) is 2.27. The summed E-state index contributed by atoms with van der Waals surface area (Å²) in [6, 6.07) is 14.2. The molecule has 0 aromatic heterocycles. The predicted molar refractivity (Wildman–Crippen MR) is 156 cm³/mol. The number of hydrogen-bond donors (Lipinski definition) is 0. The van der Waals surface area contributed by atoms with E-state index in [9.17, 15) is 4.79 Å². The van der Waals surface area contributed by atoms with Gasteiger partial charge in [0.25, 0.3) is 5.91 Å². The van der Waals surface area contributed by atoms with E-state index in [4.69, 9.17) is 26.4 Å². The van der Waals surface area contributed by atoms with E-state index in [2.05, 4.69) is 32.9 Å². The molecule has 1 amide bonds. The number of rotatable bonds is 9. The van der Waals surface area contributed by atoms with Gasteiger partial charge in [-0.15, -0.1) is 0 Å². The van der Waals surface area contributed by atoms with Crippen molar-refractivity contribution in [3.63, 3.8) is 0 Å². The Morgan fingerprint density at radius 3 is 2.35 bits per heavy atom. The van der Waals surface area contributed by atoms with Gasteiger partial charge in [0.05, 0.1) is 11.5 Å². The van der Waals surface area contributed by atoms with Gasteiger partial charge in [-0.05, 0) is 66.6 Å². The summed E-state index contributed by atoms with van der Waals surface area (Å²) in [5.74, 6) is 2.14. The van der Waals surface area contributed by atoms with Gasteiger partial charge in [-0.2, -0.15) is 0 Å². The van der Waals surface area contributed by atoms with Crippen LogP contribution in [0.2, 0.25) is 0 Å². The smallest absolute Gasteiger partial charge is 0.266 e. The van der Waals surface area contributed by atoms with E-state index in [1.807, 2.05) is 48.2 Å². The standard InChI is InChI=1S/C30H37NO4S2/c1-5-33-26-19-21(20-27-28(32)31(29(36)37-27)23-9-7-6-8-10-23)11-16-25(26)35-18-17-34-24-14-12-22(13-15-24)30(2,3)4/h11-16,19-20,23H,5-10,17-18H2,1-4H3/b27-20+. The maximum absolute atomic E-state index is 13.1. The summed E-state index contributed by atoms with van der Waals surface area (Å²) in [6.45, 7) is 9.85. The molecule has 1 saturated carbocycles. The Hall–Kier alpha value is -2.51. The lowest BCUT2D eigenvalue weighted by atomic mass is 9.87. The highest BCUT2D eigenvalue weighted by atomic mass is 32.2. The number of thiocarbonyl (C=S) groups is 1. The molecule has 2 aromatic carbocycles. The Bertz CT molecular complexity index is 1130. The maximum Gasteiger partial charge on any atom is 0.266 e. The van der Waals surface area contributed by atoms with E-state index >= 15 is 0 Å². The van der Waals surface area contributed by atoms with Crippen molar-refractivity contribution in [3.8, 4) is 17.2 Å². The van der Waals surface area contributed by atoms with Crippen molar-refractivity contribution in [1.82, 2.24) is 4.90 Å². The zero-order valence-electron chi connectivity index (χ0n) is 22.2. The number of nitrogens with zero attached hydrogens (tertiary/aromatic N) is 1. The highest BCUT2D eigenvalue weighted by molar-refractivity contribution is 8.26. The van der Waals surface area contributed by atoms with E-state index in [-0.39, 0.29) is 17.4 Å². The summed E-state index contributed by atoms with van der Waals surface area (Å²) >= 11 is 6.96. The molecule has 7 heteroatoms. The lowest BCUT2D eigenvalue weighted by Gasteiger charge is -2.29. The van der Waals surface area contributed by atoms with Crippen LogP contribution in [0.25, 0.3) is 6.08 Å². The number of thioether (sulfide) groups is 1. The third-order valence-corrected chi connectivity index (χ3v) is 7.99. The molecular weight excluding hydrogens is 502 g/mol. The number of carbonyl (C=O) groups excluding carboxylic acids is 1. The molecule has 0 unspecified atom stereocenters. The molecule has 0 spiro atoms. The van der Waals surface area contributed by atoms with E-state index in [0.29, 0.717) is 40.5 Å². The average molecular weight is 540 g/mol. The quantitative estimate of drug-likeness (QED) is 0.188. The van der Waals surface area contributed by atoms with Crippen molar-refractivity contribution in [3.05, 3.63) is 58.5 Å². The second-order valence-corrected chi connectivity index (χ2v) is 12.1. The van der Waals surface area contributed by atoms with Crippen molar-refractivity contribution >= 4 is 40.3 Å². The Labute approximate surface area is 230 Å². The molecule has 0 bridgehead atoms. The van der Waals surface area contributed by atoms with Crippen molar-refractivity contribution in [1.29, 1.82) is 0 Å². The SMILES string of the molecule is CCOc1cc(/C=C2/SC(=S)N(C3CCCCC3)C2=O)ccc1OCCOc1ccc(C(C)(C)C)cc1. The minimum absolute atomic E-state index is 0.0212. The van der Waals surface area contributed by atoms with Crippen LogP contribution >= 0.6 is 24.0 Å². The van der Waals surface area contributed by atoms with Crippen LogP contribution in [0.4, 0.5) is 0 Å². The van der Waals surface area contributed by atoms with Crippen molar-refractivity contribution in [2.24, 2.45) is 0 Å². The van der Waals surface area contributed by atoms with E-state index in [0.717, 1.165) is 37.0 Å². The molecule has 2 fully saturated rings. The Kier molecular flexibility index (Phi) is 9.19. The monoisotopic (exact) mass is 539 g/mol. The molecule has 0 N–H and O–H groups in total. The zero-order valence-corrected chi connectivity index (χ0v) is 23.9. The van der Waals surface area contributed by atoms with Gasteiger partial charge >= 0.3 is 0 Å². The number of benzene rings is 2. The van der Waals surface area contributed by atoms with Crippen LogP contribution in [-0.4, -0.2) is 41.0 Å². The van der Waals surface area contributed by atoms with Gasteiger partial charge in [0.1, 0.15) is 23.3 Å². The molecule has 1 aliphatic heterocycles. The lowest BCUT2D eigenvalue weighted by Crippen LogP contribution is -2.39.